The maximum atomic E-state index is 12.5. The average Bonchev–Trinajstić information content (AvgIpc) is 4.10. The van der Waals surface area contributed by atoms with E-state index in [1.54, 1.807) is 29.2 Å². The summed E-state index contributed by atoms with van der Waals surface area (Å²) in [5, 5.41) is 6.33. The molecule has 0 spiro atoms. The van der Waals surface area contributed by atoms with Crippen LogP contribution >= 0.6 is 11.6 Å². The van der Waals surface area contributed by atoms with Gasteiger partial charge in [0.25, 0.3) is 17.1 Å². The zero-order valence-electron chi connectivity index (χ0n) is 37.6. The lowest BCUT2D eigenvalue weighted by molar-refractivity contribution is 0.0267. The number of hydrogen-bond acceptors (Lipinski definition) is 9. The maximum absolute atomic E-state index is 12.5. The van der Waals surface area contributed by atoms with Crippen LogP contribution in [0.1, 0.15) is 72.6 Å². The number of halogens is 1. The van der Waals surface area contributed by atoms with Crippen molar-refractivity contribution >= 4 is 40.8 Å². The van der Waals surface area contributed by atoms with Crippen LogP contribution in [0.2, 0.25) is 0 Å². The number of likely N-dealkylation sites (tertiary alicyclic amines) is 4. The highest BCUT2D eigenvalue weighted by Gasteiger charge is 2.44. The van der Waals surface area contributed by atoms with Gasteiger partial charge in [-0.05, 0) is 101 Å². The number of benzene rings is 3. The van der Waals surface area contributed by atoms with Crippen LogP contribution in [0.4, 0.5) is 9.59 Å². The number of amides is 4. The zero-order chi connectivity index (χ0) is 45.3. The molecule has 6 saturated heterocycles. The SMILES string of the molecule is CC(C)(C)OC(=O)N1CC2CN(C(=O)c3ccccc3)CC2C1.CC(C)(C)OC(=O)N1CC2CNCC2C1.O=C(Cl)c1ccccc1.O=C(c1ccccc1)N1CC2CNCC2C1. The van der Waals surface area contributed by atoms with Gasteiger partial charge in [0, 0.05) is 107 Å². The van der Waals surface area contributed by atoms with Crippen LogP contribution in [0.5, 0.6) is 0 Å². The number of rotatable bonds is 3. The number of ether oxygens (including phenoxy) is 2. The van der Waals surface area contributed by atoms with E-state index in [0.717, 1.165) is 76.6 Å². The molecule has 0 aromatic heterocycles. The Labute approximate surface area is 377 Å². The van der Waals surface area contributed by atoms with Crippen molar-refractivity contribution in [3.8, 4) is 0 Å². The summed E-state index contributed by atoms with van der Waals surface area (Å²) in [6, 6.07) is 27.7. The first-order chi connectivity index (χ1) is 29.9. The Morgan fingerprint density at radius 1 is 0.444 bits per heavy atom. The summed E-state index contributed by atoms with van der Waals surface area (Å²) < 4.78 is 10.8. The Kier molecular flexibility index (Phi) is 15.9. The van der Waals surface area contributed by atoms with Gasteiger partial charge in [0.1, 0.15) is 11.2 Å². The van der Waals surface area contributed by atoms with Crippen molar-refractivity contribution in [3.05, 3.63) is 108 Å². The standard InChI is InChI=1S/C18H24N2O3.C13H16N2O.C11H20N2O2.C7H5ClO/c1-18(2,3)23-17(22)20-11-14-9-19(10-15(14)12-20)16(21)13-7-5-4-6-8-13;16-13(10-4-2-1-3-5-10)15-8-11-6-14-7-12(11)9-15;1-11(2,3)15-10(14)13-6-8-4-12-5-9(8)7-13;8-7(9)6-4-2-1-3-5-6/h4-8,14-15H,9-12H2,1-3H3;1-5,11-12,14H,6-9H2;8-9,12H,4-7H2,1-3H3;1-5H. The summed E-state index contributed by atoms with van der Waals surface area (Å²) in [4.78, 5) is 66.6. The summed E-state index contributed by atoms with van der Waals surface area (Å²) in [7, 11) is 0. The minimum Gasteiger partial charge on any atom is -0.444 e. The van der Waals surface area contributed by atoms with Gasteiger partial charge >= 0.3 is 12.2 Å². The van der Waals surface area contributed by atoms with Gasteiger partial charge in [0.15, 0.2) is 0 Å². The topological polar surface area (TPSA) is 141 Å². The summed E-state index contributed by atoms with van der Waals surface area (Å²) in [6.45, 7) is 21.9. The molecule has 340 valence electrons. The highest BCUT2D eigenvalue weighted by Crippen LogP contribution is 2.33. The molecule has 2 N–H and O–H groups in total. The van der Waals surface area contributed by atoms with Gasteiger partial charge in [-0.2, -0.15) is 0 Å². The third-order valence-corrected chi connectivity index (χ3v) is 12.4. The van der Waals surface area contributed by atoms with Crippen molar-refractivity contribution in [2.45, 2.75) is 52.7 Å². The average molecular weight is 886 g/mol. The molecular weight excluding hydrogens is 820 g/mol. The first kappa shape index (κ1) is 47.5. The Morgan fingerprint density at radius 3 is 1.00 bits per heavy atom. The smallest absolute Gasteiger partial charge is 0.410 e. The molecule has 0 aliphatic carbocycles. The van der Waals surface area contributed by atoms with Crippen molar-refractivity contribution in [3.63, 3.8) is 0 Å². The molecule has 0 bridgehead atoms. The second-order valence-electron chi connectivity index (χ2n) is 19.4. The monoisotopic (exact) mass is 884 g/mol. The minimum atomic E-state index is -0.468. The molecule has 13 nitrogen and oxygen atoms in total. The molecule has 9 rings (SSSR count). The van der Waals surface area contributed by atoms with Gasteiger partial charge in [0.05, 0.1) is 0 Å². The number of nitrogens with zero attached hydrogens (tertiary/aromatic N) is 4. The van der Waals surface area contributed by atoms with Gasteiger partial charge in [-0.25, -0.2) is 9.59 Å². The molecule has 6 atom stereocenters. The van der Waals surface area contributed by atoms with Crippen LogP contribution in [-0.2, 0) is 9.47 Å². The molecule has 6 fully saturated rings. The third-order valence-electron chi connectivity index (χ3n) is 12.2. The van der Waals surface area contributed by atoms with Crippen LogP contribution in [0.25, 0.3) is 0 Å². The molecule has 14 heteroatoms. The van der Waals surface area contributed by atoms with Crippen molar-refractivity contribution in [2.24, 2.45) is 35.5 Å². The third kappa shape index (κ3) is 13.5. The summed E-state index contributed by atoms with van der Waals surface area (Å²) >= 11 is 5.16. The fraction of sp³-hybridized carbons (Fsp3) is 0.531. The normalized spacial score (nSPS) is 24.4. The van der Waals surface area contributed by atoms with Crippen molar-refractivity contribution in [1.82, 2.24) is 30.2 Å². The quantitative estimate of drug-likeness (QED) is 0.274. The molecular formula is C49H65ClN6O7. The number of hydrogen-bond donors (Lipinski definition) is 2. The number of fused-ring (bicyclic) bond motifs is 3. The predicted molar refractivity (Wildman–Crippen MR) is 244 cm³/mol. The van der Waals surface area contributed by atoms with Crippen molar-refractivity contribution in [1.29, 1.82) is 0 Å². The first-order valence-electron chi connectivity index (χ1n) is 22.2. The Bertz CT molecular complexity index is 1970. The highest BCUT2D eigenvalue weighted by molar-refractivity contribution is 6.67. The number of carbonyl (C=O) groups is 5. The maximum Gasteiger partial charge on any atom is 0.410 e. The Hall–Kier alpha value is -4.98. The van der Waals surface area contributed by atoms with E-state index in [2.05, 4.69) is 10.6 Å². The molecule has 3 aromatic carbocycles. The number of nitrogens with one attached hydrogen (secondary N) is 2. The van der Waals surface area contributed by atoms with Gasteiger partial charge in [-0.15, -0.1) is 0 Å². The summed E-state index contributed by atoms with van der Waals surface area (Å²) in [6.07, 6.45) is -0.398. The van der Waals surface area contributed by atoms with Gasteiger partial charge in [0.2, 0.25) is 0 Å². The molecule has 6 unspecified atom stereocenters. The van der Waals surface area contributed by atoms with E-state index in [1.165, 1.54) is 0 Å². The van der Waals surface area contributed by atoms with Crippen molar-refractivity contribution < 1.29 is 33.4 Å². The molecule has 0 saturated carbocycles. The van der Waals surface area contributed by atoms with Crippen LogP contribution < -0.4 is 10.6 Å². The van der Waals surface area contributed by atoms with Gasteiger partial charge in [-0.1, -0.05) is 66.7 Å². The van der Waals surface area contributed by atoms with E-state index in [1.807, 2.05) is 123 Å². The molecule has 63 heavy (non-hydrogen) atoms. The van der Waals surface area contributed by atoms with Crippen LogP contribution in [0, 0.1) is 35.5 Å². The van der Waals surface area contributed by atoms with E-state index in [4.69, 9.17) is 21.1 Å². The fourth-order valence-corrected chi connectivity index (χ4v) is 9.21. The number of carbonyl (C=O) groups excluding carboxylic acids is 5. The second kappa shape index (κ2) is 21.1. The molecule has 6 aliphatic rings. The van der Waals surface area contributed by atoms with E-state index < -0.39 is 10.8 Å². The fourth-order valence-electron chi connectivity index (χ4n) is 9.08. The molecule has 4 amide bonds. The lowest BCUT2D eigenvalue weighted by Gasteiger charge is -2.26. The van der Waals surface area contributed by atoms with Crippen molar-refractivity contribution in [2.75, 3.05) is 78.5 Å². The second-order valence-corrected chi connectivity index (χ2v) is 19.8. The van der Waals surface area contributed by atoms with E-state index in [9.17, 15) is 24.0 Å². The summed E-state index contributed by atoms with van der Waals surface area (Å²) in [5.74, 6) is 3.61. The summed E-state index contributed by atoms with van der Waals surface area (Å²) in [5.41, 5.74) is 1.24. The van der Waals surface area contributed by atoms with E-state index in [-0.39, 0.29) is 29.6 Å². The Balaban J connectivity index is 0.000000146. The van der Waals surface area contributed by atoms with Crippen LogP contribution in [-0.4, -0.2) is 139 Å². The lowest BCUT2D eigenvalue weighted by Crippen LogP contribution is -2.38. The molecule has 6 aliphatic heterocycles. The van der Waals surface area contributed by atoms with E-state index >= 15 is 0 Å². The molecule has 3 aromatic rings. The molecule has 6 heterocycles. The lowest BCUT2D eigenvalue weighted by atomic mass is 10.0. The largest absolute Gasteiger partial charge is 0.444 e. The minimum absolute atomic E-state index is 0.0869. The van der Waals surface area contributed by atoms with Crippen LogP contribution in [0.3, 0.4) is 0 Å². The molecule has 0 radical (unpaired) electrons. The van der Waals surface area contributed by atoms with Crippen LogP contribution in [0.15, 0.2) is 91.0 Å². The van der Waals surface area contributed by atoms with Gasteiger partial charge < -0.3 is 39.7 Å². The zero-order valence-corrected chi connectivity index (χ0v) is 38.4. The predicted octanol–water partition coefficient (Wildman–Crippen LogP) is 6.74. The first-order valence-corrected chi connectivity index (χ1v) is 22.6. The Morgan fingerprint density at radius 2 is 0.714 bits per heavy atom. The van der Waals surface area contributed by atoms with Gasteiger partial charge in [-0.3, -0.25) is 14.4 Å². The highest BCUT2D eigenvalue weighted by atomic mass is 35.5. The van der Waals surface area contributed by atoms with E-state index in [0.29, 0.717) is 54.2 Å².